The van der Waals surface area contributed by atoms with Crippen LogP contribution in [0, 0.1) is 11.8 Å². The van der Waals surface area contributed by atoms with Crippen LogP contribution in [0.25, 0.3) is 0 Å². The van der Waals surface area contributed by atoms with E-state index < -0.39 is 12.1 Å². The van der Waals surface area contributed by atoms with Gasteiger partial charge in [-0.15, -0.1) is 0 Å². The molecule has 1 saturated heterocycles. The SMILES string of the molecule is CC1CN([C@H]2CCCC[C@H]2C(F)(F)F)C1. The average Bonchev–Trinajstić information content (AvgIpc) is 2.12. The Morgan fingerprint density at radius 1 is 1.07 bits per heavy atom. The van der Waals surface area contributed by atoms with Gasteiger partial charge in [0.25, 0.3) is 0 Å². The van der Waals surface area contributed by atoms with E-state index in [-0.39, 0.29) is 6.04 Å². The van der Waals surface area contributed by atoms with Gasteiger partial charge in [-0.3, -0.25) is 4.90 Å². The maximum atomic E-state index is 12.8. The van der Waals surface area contributed by atoms with Crippen molar-refractivity contribution in [3.05, 3.63) is 0 Å². The first-order valence-electron chi connectivity index (χ1n) is 5.79. The van der Waals surface area contributed by atoms with Crippen molar-refractivity contribution in [1.82, 2.24) is 4.90 Å². The molecule has 0 spiro atoms. The third kappa shape index (κ3) is 2.30. The minimum atomic E-state index is -4.00. The summed E-state index contributed by atoms with van der Waals surface area (Å²) in [6, 6.07) is -0.227. The predicted molar refractivity (Wildman–Crippen MR) is 52.5 cm³/mol. The molecule has 0 aromatic carbocycles. The molecule has 1 nitrogen and oxygen atoms in total. The van der Waals surface area contributed by atoms with Gasteiger partial charge in [-0.1, -0.05) is 19.8 Å². The van der Waals surface area contributed by atoms with E-state index >= 15 is 0 Å². The molecule has 1 saturated carbocycles. The van der Waals surface area contributed by atoms with Crippen LogP contribution in [-0.4, -0.2) is 30.2 Å². The highest BCUT2D eigenvalue weighted by molar-refractivity contribution is 4.92. The topological polar surface area (TPSA) is 3.24 Å². The lowest BCUT2D eigenvalue weighted by atomic mass is 9.81. The lowest BCUT2D eigenvalue weighted by Crippen LogP contribution is -2.56. The molecule has 0 amide bonds. The van der Waals surface area contributed by atoms with Crippen LogP contribution in [0.2, 0.25) is 0 Å². The summed E-state index contributed by atoms with van der Waals surface area (Å²) < 4.78 is 38.3. The summed E-state index contributed by atoms with van der Waals surface area (Å²) in [5.41, 5.74) is 0. The van der Waals surface area contributed by atoms with Gasteiger partial charge in [0.05, 0.1) is 5.92 Å². The molecule has 0 aromatic rings. The molecule has 0 radical (unpaired) electrons. The van der Waals surface area contributed by atoms with Crippen molar-refractivity contribution in [3.8, 4) is 0 Å². The Hall–Kier alpha value is -0.250. The first-order valence-corrected chi connectivity index (χ1v) is 5.79. The van der Waals surface area contributed by atoms with E-state index in [1.54, 1.807) is 0 Å². The molecule has 1 aliphatic carbocycles. The smallest absolute Gasteiger partial charge is 0.299 e. The van der Waals surface area contributed by atoms with Gasteiger partial charge in [-0.2, -0.15) is 13.2 Å². The number of halogens is 3. The summed E-state index contributed by atoms with van der Waals surface area (Å²) in [6.45, 7) is 3.82. The highest BCUT2D eigenvalue weighted by Crippen LogP contribution is 2.41. The zero-order chi connectivity index (χ0) is 11.1. The second kappa shape index (κ2) is 3.96. The molecular formula is C11H18F3N. The number of alkyl halides is 3. The lowest BCUT2D eigenvalue weighted by molar-refractivity contribution is -0.205. The Morgan fingerprint density at radius 2 is 1.67 bits per heavy atom. The van der Waals surface area contributed by atoms with Crippen molar-refractivity contribution in [3.63, 3.8) is 0 Å². The van der Waals surface area contributed by atoms with Gasteiger partial charge in [0.15, 0.2) is 0 Å². The third-order valence-corrected chi connectivity index (χ3v) is 3.71. The van der Waals surface area contributed by atoms with Crippen molar-refractivity contribution in [2.24, 2.45) is 11.8 Å². The molecule has 15 heavy (non-hydrogen) atoms. The van der Waals surface area contributed by atoms with Crippen LogP contribution >= 0.6 is 0 Å². The second-order valence-electron chi connectivity index (χ2n) is 5.06. The number of likely N-dealkylation sites (tertiary alicyclic amines) is 1. The maximum absolute atomic E-state index is 12.8. The fourth-order valence-corrected chi connectivity index (χ4v) is 2.95. The normalized spacial score (nSPS) is 35.2. The van der Waals surface area contributed by atoms with Gasteiger partial charge in [-0.25, -0.2) is 0 Å². The summed E-state index contributed by atoms with van der Waals surface area (Å²) in [5, 5.41) is 0. The molecule has 2 fully saturated rings. The molecule has 4 heteroatoms. The Kier molecular flexibility index (Phi) is 2.97. The van der Waals surface area contributed by atoms with Crippen LogP contribution in [0.5, 0.6) is 0 Å². The van der Waals surface area contributed by atoms with E-state index in [0.29, 0.717) is 12.3 Å². The van der Waals surface area contributed by atoms with E-state index in [9.17, 15) is 13.2 Å². The van der Waals surface area contributed by atoms with Crippen molar-refractivity contribution in [2.75, 3.05) is 13.1 Å². The molecule has 88 valence electrons. The molecule has 2 aliphatic rings. The second-order valence-corrected chi connectivity index (χ2v) is 5.06. The van der Waals surface area contributed by atoms with Crippen LogP contribution < -0.4 is 0 Å². The summed E-state index contributed by atoms with van der Waals surface area (Å²) in [4.78, 5) is 2.03. The van der Waals surface area contributed by atoms with Gasteiger partial charge >= 0.3 is 6.18 Å². The first kappa shape index (κ1) is 11.2. The highest BCUT2D eigenvalue weighted by atomic mass is 19.4. The van der Waals surface area contributed by atoms with E-state index in [4.69, 9.17) is 0 Å². The molecule has 0 unspecified atom stereocenters. The molecular weight excluding hydrogens is 203 g/mol. The predicted octanol–water partition coefficient (Wildman–Crippen LogP) is 3.06. The van der Waals surface area contributed by atoms with Crippen molar-refractivity contribution in [2.45, 2.75) is 44.8 Å². The Balaban J connectivity index is 2.00. The Morgan fingerprint density at radius 3 is 2.20 bits per heavy atom. The third-order valence-electron chi connectivity index (χ3n) is 3.71. The quantitative estimate of drug-likeness (QED) is 0.657. The largest absolute Gasteiger partial charge is 0.393 e. The number of nitrogens with zero attached hydrogens (tertiary/aromatic N) is 1. The van der Waals surface area contributed by atoms with Gasteiger partial charge in [-0.05, 0) is 18.8 Å². The summed E-state index contributed by atoms with van der Waals surface area (Å²) >= 11 is 0. The summed E-state index contributed by atoms with van der Waals surface area (Å²) in [7, 11) is 0. The monoisotopic (exact) mass is 221 g/mol. The molecule has 0 aromatic heterocycles. The van der Waals surface area contributed by atoms with Crippen molar-refractivity contribution in [1.29, 1.82) is 0 Å². The van der Waals surface area contributed by atoms with E-state index in [1.165, 1.54) is 0 Å². The lowest BCUT2D eigenvalue weighted by Gasteiger charge is -2.48. The summed E-state index contributed by atoms with van der Waals surface area (Å²) in [5.74, 6) is -0.487. The van der Waals surface area contributed by atoms with Crippen LogP contribution in [0.4, 0.5) is 13.2 Å². The van der Waals surface area contributed by atoms with Crippen LogP contribution in [0.1, 0.15) is 32.6 Å². The minimum Gasteiger partial charge on any atom is -0.299 e. The van der Waals surface area contributed by atoms with Gasteiger partial charge in [0, 0.05) is 19.1 Å². The molecule has 2 atom stereocenters. The van der Waals surface area contributed by atoms with E-state index in [0.717, 1.165) is 32.4 Å². The van der Waals surface area contributed by atoms with Crippen LogP contribution in [-0.2, 0) is 0 Å². The molecule has 1 aliphatic heterocycles. The molecule has 0 bridgehead atoms. The highest BCUT2D eigenvalue weighted by Gasteiger charge is 2.48. The molecule has 0 N–H and O–H groups in total. The zero-order valence-corrected chi connectivity index (χ0v) is 9.06. The minimum absolute atomic E-state index is 0.227. The van der Waals surface area contributed by atoms with Gasteiger partial charge < -0.3 is 0 Å². The molecule has 1 heterocycles. The number of hydrogen-bond acceptors (Lipinski definition) is 1. The van der Waals surface area contributed by atoms with E-state index in [2.05, 4.69) is 6.92 Å². The Bertz CT molecular complexity index is 220. The fourth-order valence-electron chi connectivity index (χ4n) is 2.95. The van der Waals surface area contributed by atoms with Crippen LogP contribution in [0.15, 0.2) is 0 Å². The van der Waals surface area contributed by atoms with Crippen molar-refractivity contribution >= 4 is 0 Å². The van der Waals surface area contributed by atoms with Crippen LogP contribution in [0.3, 0.4) is 0 Å². The number of hydrogen-bond donors (Lipinski definition) is 0. The standard InChI is InChI=1S/C11H18F3N/c1-8-6-15(7-8)10-5-3-2-4-9(10)11(12,13)14/h8-10H,2-7H2,1H3/t9-,10+/m1/s1. The number of rotatable bonds is 1. The fraction of sp³-hybridized carbons (Fsp3) is 1.00. The van der Waals surface area contributed by atoms with Gasteiger partial charge in [0.2, 0.25) is 0 Å². The van der Waals surface area contributed by atoms with Gasteiger partial charge in [0.1, 0.15) is 0 Å². The summed E-state index contributed by atoms with van der Waals surface area (Å²) in [6.07, 6.45) is -1.23. The molecule has 2 rings (SSSR count). The average molecular weight is 221 g/mol. The zero-order valence-electron chi connectivity index (χ0n) is 9.06. The first-order chi connectivity index (χ1) is 6.98. The van der Waals surface area contributed by atoms with E-state index in [1.807, 2.05) is 4.90 Å². The van der Waals surface area contributed by atoms with Crippen molar-refractivity contribution < 1.29 is 13.2 Å². The Labute approximate surface area is 88.6 Å². The maximum Gasteiger partial charge on any atom is 0.393 e.